The number of rotatable bonds is 5. The van der Waals surface area contributed by atoms with Gasteiger partial charge in [-0.1, -0.05) is 13.8 Å². The minimum atomic E-state index is -0.173. The second-order valence-electron chi connectivity index (χ2n) is 2.90. The smallest absolute Gasteiger partial charge is 0.306 e. The van der Waals surface area contributed by atoms with E-state index in [0.717, 1.165) is 0 Å². The maximum atomic E-state index is 10.8. The average molecular weight is 160 g/mol. The van der Waals surface area contributed by atoms with Crippen LogP contribution >= 0.6 is 0 Å². The number of aliphatic hydroxyl groups excluding tert-OH is 1. The summed E-state index contributed by atoms with van der Waals surface area (Å²) in [6.45, 7) is 4.34. The molecule has 3 nitrogen and oxygen atoms in total. The summed E-state index contributed by atoms with van der Waals surface area (Å²) in [5.41, 5.74) is 0. The number of hydrogen-bond acceptors (Lipinski definition) is 3. The van der Waals surface area contributed by atoms with Crippen LogP contribution in [0.3, 0.4) is 0 Å². The van der Waals surface area contributed by atoms with Crippen molar-refractivity contribution in [3.8, 4) is 0 Å². The van der Waals surface area contributed by atoms with Crippen LogP contribution in [0.5, 0.6) is 0 Å². The van der Waals surface area contributed by atoms with Gasteiger partial charge >= 0.3 is 5.97 Å². The molecule has 0 aromatic heterocycles. The Balaban J connectivity index is 3.23. The van der Waals surface area contributed by atoms with Gasteiger partial charge in [0.25, 0.3) is 0 Å². The van der Waals surface area contributed by atoms with Crippen LogP contribution in [-0.2, 0) is 9.53 Å². The zero-order valence-corrected chi connectivity index (χ0v) is 7.17. The molecule has 0 rings (SSSR count). The number of hydrogen-bond donors (Lipinski definition) is 1. The van der Waals surface area contributed by atoms with Gasteiger partial charge in [0.05, 0.1) is 6.61 Å². The van der Waals surface area contributed by atoms with Crippen molar-refractivity contribution in [1.29, 1.82) is 0 Å². The summed E-state index contributed by atoms with van der Waals surface area (Å²) in [6, 6.07) is 0. The molecular formula is C8H16O3. The summed E-state index contributed by atoms with van der Waals surface area (Å²) in [6.07, 6.45) is 0.995. The first-order chi connectivity index (χ1) is 5.16. The van der Waals surface area contributed by atoms with Gasteiger partial charge in [0.15, 0.2) is 0 Å². The molecule has 1 N–H and O–H groups in total. The van der Waals surface area contributed by atoms with Crippen LogP contribution in [0.15, 0.2) is 0 Å². The minimum absolute atomic E-state index is 0.0783. The van der Waals surface area contributed by atoms with E-state index in [2.05, 4.69) is 0 Å². The zero-order chi connectivity index (χ0) is 8.69. The lowest BCUT2D eigenvalue weighted by molar-refractivity contribution is -0.144. The lowest BCUT2D eigenvalue weighted by Crippen LogP contribution is -2.09. The van der Waals surface area contributed by atoms with Crippen LogP contribution in [0, 0.1) is 5.92 Å². The predicted octanol–water partition coefficient (Wildman–Crippen LogP) is 0.958. The molecule has 0 fully saturated rings. The molecule has 0 aliphatic carbocycles. The molecule has 0 spiro atoms. The maximum Gasteiger partial charge on any atom is 0.306 e. The average Bonchev–Trinajstić information content (AvgIpc) is 1.86. The highest BCUT2D eigenvalue weighted by molar-refractivity contribution is 5.69. The summed E-state index contributed by atoms with van der Waals surface area (Å²) < 4.78 is 4.79. The van der Waals surface area contributed by atoms with Crippen LogP contribution in [0.4, 0.5) is 0 Å². The summed E-state index contributed by atoms with van der Waals surface area (Å²) in [7, 11) is 0. The molecule has 0 atom stereocenters. The predicted molar refractivity (Wildman–Crippen MR) is 42.1 cm³/mol. The zero-order valence-electron chi connectivity index (χ0n) is 7.17. The number of aliphatic hydroxyl groups is 1. The third-order valence-corrected chi connectivity index (χ3v) is 1.14. The normalized spacial score (nSPS) is 10.2. The summed E-state index contributed by atoms with van der Waals surface area (Å²) in [5.74, 6) is 0.171. The first-order valence-electron chi connectivity index (χ1n) is 3.93. The van der Waals surface area contributed by atoms with E-state index < -0.39 is 0 Å². The molecule has 11 heavy (non-hydrogen) atoms. The molecule has 0 aromatic rings. The highest BCUT2D eigenvalue weighted by atomic mass is 16.5. The van der Waals surface area contributed by atoms with E-state index in [0.29, 0.717) is 25.4 Å². The van der Waals surface area contributed by atoms with Gasteiger partial charge in [-0.25, -0.2) is 0 Å². The van der Waals surface area contributed by atoms with Crippen LogP contribution in [0.2, 0.25) is 0 Å². The largest absolute Gasteiger partial charge is 0.466 e. The van der Waals surface area contributed by atoms with Gasteiger partial charge in [-0.05, 0) is 5.92 Å². The Hall–Kier alpha value is -0.570. The van der Waals surface area contributed by atoms with E-state index in [-0.39, 0.29) is 12.6 Å². The Morgan fingerprint density at radius 2 is 2.18 bits per heavy atom. The molecule has 0 saturated heterocycles. The highest BCUT2D eigenvalue weighted by Gasteiger charge is 2.04. The van der Waals surface area contributed by atoms with Gasteiger partial charge in [0.1, 0.15) is 0 Å². The van der Waals surface area contributed by atoms with Gasteiger partial charge in [-0.15, -0.1) is 0 Å². The van der Waals surface area contributed by atoms with E-state index in [1.165, 1.54) is 0 Å². The van der Waals surface area contributed by atoms with Crippen molar-refractivity contribution >= 4 is 5.97 Å². The fraction of sp³-hybridized carbons (Fsp3) is 0.875. The molecule has 0 amide bonds. The Morgan fingerprint density at radius 3 is 2.64 bits per heavy atom. The van der Waals surface area contributed by atoms with Crippen molar-refractivity contribution in [1.82, 2.24) is 0 Å². The molecule has 0 radical (unpaired) electrons. The first kappa shape index (κ1) is 10.4. The fourth-order valence-electron chi connectivity index (χ4n) is 0.643. The van der Waals surface area contributed by atoms with E-state index in [4.69, 9.17) is 9.84 Å². The Kier molecular flexibility index (Phi) is 5.84. The third-order valence-electron chi connectivity index (χ3n) is 1.14. The van der Waals surface area contributed by atoms with E-state index in [9.17, 15) is 4.79 Å². The second-order valence-corrected chi connectivity index (χ2v) is 2.90. The Labute approximate surface area is 67.4 Å². The van der Waals surface area contributed by atoms with Gasteiger partial charge in [0, 0.05) is 19.4 Å². The topological polar surface area (TPSA) is 46.5 Å². The number of esters is 1. The van der Waals surface area contributed by atoms with Crippen LogP contribution in [0.25, 0.3) is 0 Å². The summed E-state index contributed by atoms with van der Waals surface area (Å²) >= 11 is 0. The van der Waals surface area contributed by atoms with Crippen molar-refractivity contribution in [2.24, 2.45) is 5.92 Å². The molecule has 0 aliphatic rings. The van der Waals surface area contributed by atoms with Gasteiger partial charge < -0.3 is 9.84 Å². The summed E-state index contributed by atoms with van der Waals surface area (Å²) in [4.78, 5) is 10.8. The van der Waals surface area contributed by atoms with Gasteiger partial charge in [0.2, 0.25) is 0 Å². The van der Waals surface area contributed by atoms with Crippen molar-refractivity contribution in [3.05, 3.63) is 0 Å². The Bertz CT molecular complexity index is 110. The van der Waals surface area contributed by atoms with Gasteiger partial charge in [-0.3, -0.25) is 4.79 Å². The molecule has 0 saturated carbocycles. The van der Waals surface area contributed by atoms with Crippen molar-refractivity contribution in [3.63, 3.8) is 0 Å². The standard InChI is InChI=1S/C8H16O3/c1-7(2)6-8(10)11-5-3-4-9/h7,9H,3-6H2,1-2H3. The number of ether oxygens (including phenoxy) is 1. The first-order valence-corrected chi connectivity index (χ1v) is 3.93. The molecule has 0 heterocycles. The van der Waals surface area contributed by atoms with Crippen molar-refractivity contribution in [2.75, 3.05) is 13.2 Å². The molecule has 0 aromatic carbocycles. The lowest BCUT2D eigenvalue weighted by atomic mass is 10.1. The molecule has 0 bridgehead atoms. The number of carbonyl (C=O) groups excluding carboxylic acids is 1. The lowest BCUT2D eigenvalue weighted by Gasteiger charge is -2.04. The molecule has 0 aliphatic heterocycles. The minimum Gasteiger partial charge on any atom is -0.466 e. The van der Waals surface area contributed by atoms with E-state index in [1.54, 1.807) is 0 Å². The summed E-state index contributed by atoms with van der Waals surface area (Å²) in [5, 5.41) is 8.37. The van der Waals surface area contributed by atoms with Crippen molar-refractivity contribution < 1.29 is 14.6 Å². The SMILES string of the molecule is CC(C)CC(=O)OCCCO. The monoisotopic (exact) mass is 160 g/mol. The maximum absolute atomic E-state index is 10.8. The Morgan fingerprint density at radius 1 is 1.55 bits per heavy atom. The quantitative estimate of drug-likeness (QED) is 0.481. The van der Waals surface area contributed by atoms with Gasteiger partial charge in [-0.2, -0.15) is 0 Å². The third kappa shape index (κ3) is 7.33. The molecular weight excluding hydrogens is 144 g/mol. The highest BCUT2D eigenvalue weighted by Crippen LogP contribution is 2.00. The fourth-order valence-corrected chi connectivity index (χ4v) is 0.643. The van der Waals surface area contributed by atoms with E-state index >= 15 is 0 Å². The van der Waals surface area contributed by atoms with Crippen LogP contribution < -0.4 is 0 Å². The van der Waals surface area contributed by atoms with E-state index in [1.807, 2.05) is 13.8 Å². The second kappa shape index (κ2) is 6.16. The van der Waals surface area contributed by atoms with Crippen molar-refractivity contribution in [2.45, 2.75) is 26.7 Å². The number of carbonyl (C=O) groups is 1. The molecule has 66 valence electrons. The van der Waals surface area contributed by atoms with Crippen LogP contribution in [-0.4, -0.2) is 24.3 Å². The molecule has 3 heteroatoms. The van der Waals surface area contributed by atoms with Crippen LogP contribution in [0.1, 0.15) is 26.7 Å². The molecule has 0 unspecified atom stereocenters.